The second kappa shape index (κ2) is 5.11. The van der Waals surface area contributed by atoms with E-state index in [1.54, 1.807) is 6.92 Å². The average Bonchev–Trinajstić information content (AvgIpc) is 1.81. The minimum absolute atomic E-state index is 0.627. The lowest BCUT2D eigenvalue weighted by Gasteiger charge is -2.21. The molecule has 0 aliphatic rings. The third-order valence-electron chi connectivity index (χ3n) is 0.921. The molecular formula is C7H12O5S. The molecule has 1 N–H and O–H groups in total. The maximum Gasteiger partial charge on any atom is 0.332 e. The SMILES string of the molecule is CC=CC(=O)OC(C)(C)OS(=O)O. The number of carbonyl (C=O) groups is 1. The Balaban J connectivity index is 4.16. The molecule has 0 bridgehead atoms. The first kappa shape index (κ1) is 12.3. The Morgan fingerprint density at radius 1 is 1.54 bits per heavy atom. The lowest BCUT2D eigenvalue weighted by Crippen LogP contribution is -2.31. The zero-order valence-electron chi connectivity index (χ0n) is 7.64. The van der Waals surface area contributed by atoms with Gasteiger partial charge in [-0.1, -0.05) is 6.08 Å². The van der Waals surface area contributed by atoms with Gasteiger partial charge in [0.05, 0.1) is 0 Å². The largest absolute Gasteiger partial charge is 0.429 e. The molecule has 1 unspecified atom stereocenters. The van der Waals surface area contributed by atoms with Crippen molar-refractivity contribution < 1.29 is 22.5 Å². The van der Waals surface area contributed by atoms with Crippen LogP contribution in [0, 0.1) is 0 Å². The lowest BCUT2D eigenvalue weighted by atomic mass is 10.4. The van der Waals surface area contributed by atoms with Crippen LogP contribution in [0.3, 0.4) is 0 Å². The zero-order chi connectivity index (χ0) is 10.5. The van der Waals surface area contributed by atoms with Gasteiger partial charge in [0.2, 0.25) is 5.79 Å². The van der Waals surface area contributed by atoms with E-state index in [-0.39, 0.29) is 0 Å². The standard InChI is InChI=1S/C7H12O5S/c1-4-5-6(8)11-7(2,3)12-13(9)10/h4-5H,1-3H3,(H,9,10). The fourth-order valence-corrected chi connectivity index (χ4v) is 0.978. The Bertz CT molecular complexity index is 233. The lowest BCUT2D eigenvalue weighted by molar-refractivity contribution is -0.179. The van der Waals surface area contributed by atoms with Crippen molar-refractivity contribution in [2.75, 3.05) is 0 Å². The number of ether oxygens (including phenoxy) is 1. The van der Waals surface area contributed by atoms with E-state index in [9.17, 15) is 9.00 Å². The van der Waals surface area contributed by atoms with Crippen molar-refractivity contribution in [1.82, 2.24) is 0 Å². The van der Waals surface area contributed by atoms with Gasteiger partial charge in [-0.05, 0) is 6.92 Å². The highest BCUT2D eigenvalue weighted by molar-refractivity contribution is 7.74. The van der Waals surface area contributed by atoms with Crippen LogP contribution in [0.15, 0.2) is 12.2 Å². The van der Waals surface area contributed by atoms with E-state index in [1.165, 1.54) is 26.0 Å². The molecule has 0 saturated carbocycles. The molecule has 0 saturated heterocycles. The van der Waals surface area contributed by atoms with Gasteiger partial charge in [-0.2, -0.15) is 4.21 Å². The van der Waals surface area contributed by atoms with E-state index < -0.39 is 23.1 Å². The quantitative estimate of drug-likeness (QED) is 0.323. The molecule has 76 valence electrons. The van der Waals surface area contributed by atoms with Gasteiger partial charge >= 0.3 is 17.3 Å². The third-order valence-corrected chi connectivity index (χ3v) is 1.47. The van der Waals surface area contributed by atoms with Crippen LogP contribution in [0.2, 0.25) is 0 Å². The Morgan fingerprint density at radius 3 is 2.46 bits per heavy atom. The van der Waals surface area contributed by atoms with Gasteiger partial charge in [0.1, 0.15) is 0 Å². The van der Waals surface area contributed by atoms with Crippen molar-refractivity contribution in [2.45, 2.75) is 26.6 Å². The molecule has 1 atom stereocenters. The molecule has 0 fully saturated rings. The van der Waals surface area contributed by atoms with Crippen molar-refractivity contribution >= 4 is 17.3 Å². The Labute approximate surface area is 79.2 Å². The number of allylic oxidation sites excluding steroid dienone is 1. The summed E-state index contributed by atoms with van der Waals surface area (Å²) in [5.41, 5.74) is 0. The van der Waals surface area contributed by atoms with Crippen molar-refractivity contribution in [3.8, 4) is 0 Å². The summed E-state index contributed by atoms with van der Waals surface area (Å²) in [6.45, 7) is 4.38. The van der Waals surface area contributed by atoms with Crippen molar-refractivity contribution in [3.05, 3.63) is 12.2 Å². The van der Waals surface area contributed by atoms with Gasteiger partial charge in [-0.25, -0.2) is 8.98 Å². The van der Waals surface area contributed by atoms with E-state index in [0.717, 1.165) is 0 Å². The van der Waals surface area contributed by atoms with Gasteiger partial charge in [0.15, 0.2) is 0 Å². The van der Waals surface area contributed by atoms with Gasteiger partial charge in [0, 0.05) is 19.9 Å². The van der Waals surface area contributed by atoms with Gasteiger partial charge in [-0.15, -0.1) is 0 Å². The van der Waals surface area contributed by atoms with Crippen LogP contribution >= 0.6 is 0 Å². The summed E-state index contributed by atoms with van der Waals surface area (Å²) in [4.78, 5) is 10.9. The summed E-state index contributed by atoms with van der Waals surface area (Å²) >= 11 is -2.46. The second-order valence-electron chi connectivity index (χ2n) is 2.62. The molecule has 0 aliphatic heterocycles. The third kappa shape index (κ3) is 6.44. The number of rotatable bonds is 4. The molecule has 0 aliphatic carbocycles. The molecule has 0 aromatic rings. The first-order valence-electron chi connectivity index (χ1n) is 3.53. The number of esters is 1. The fourth-order valence-electron chi connectivity index (χ4n) is 0.601. The molecule has 6 heteroatoms. The molecule has 0 amide bonds. The summed E-state index contributed by atoms with van der Waals surface area (Å²) < 4.78 is 27.7. The highest BCUT2D eigenvalue weighted by Crippen LogP contribution is 2.12. The zero-order valence-corrected chi connectivity index (χ0v) is 8.46. The van der Waals surface area contributed by atoms with Gasteiger partial charge in [-0.3, -0.25) is 4.55 Å². The van der Waals surface area contributed by atoms with Crippen LogP contribution in [0.25, 0.3) is 0 Å². The van der Waals surface area contributed by atoms with E-state index in [4.69, 9.17) is 4.55 Å². The molecule has 0 aromatic heterocycles. The fraction of sp³-hybridized carbons (Fsp3) is 0.571. The van der Waals surface area contributed by atoms with Crippen molar-refractivity contribution in [1.29, 1.82) is 0 Å². The predicted molar refractivity (Wildman–Crippen MR) is 46.8 cm³/mol. The second-order valence-corrected chi connectivity index (χ2v) is 3.22. The smallest absolute Gasteiger partial charge is 0.332 e. The summed E-state index contributed by atoms with van der Waals surface area (Å²) in [5.74, 6) is -2.03. The van der Waals surface area contributed by atoms with Gasteiger partial charge in [0.25, 0.3) is 0 Å². The van der Waals surface area contributed by atoms with Crippen LogP contribution < -0.4 is 0 Å². The molecule has 5 nitrogen and oxygen atoms in total. The first-order chi connectivity index (χ1) is 5.87. The minimum atomic E-state index is -2.46. The normalized spacial score (nSPS) is 14.5. The van der Waals surface area contributed by atoms with Crippen LogP contribution in [0.4, 0.5) is 0 Å². The number of carbonyl (C=O) groups excluding carboxylic acids is 1. The van der Waals surface area contributed by atoms with Crippen molar-refractivity contribution in [2.24, 2.45) is 0 Å². The summed E-state index contributed by atoms with van der Waals surface area (Å²) in [5, 5.41) is 0. The highest BCUT2D eigenvalue weighted by atomic mass is 32.2. The summed E-state index contributed by atoms with van der Waals surface area (Å²) in [7, 11) is 0. The maximum atomic E-state index is 10.9. The van der Waals surface area contributed by atoms with Crippen LogP contribution in [0.1, 0.15) is 20.8 Å². The molecule has 0 rings (SSSR count). The topological polar surface area (TPSA) is 72.8 Å². The molecule has 0 spiro atoms. The highest BCUT2D eigenvalue weighted by Gasteiger charge is 2.25. The van der Waals surface area contributed by atoms with E-state index in [0.29, 0.717) is 0 Å². The van der Waals surface area contributed by atoms with E-state index >= 15 is 0 Å². The Hall–Kier alpha value is -0.720. The minimum Gasteiger partial charge on any atom is -0.429 e. The van der Waals surface area contributed by atoms with Crippen LogP contribution in [0.5, 0.6) is 0 Å². The van der Waals surface area contributed by atoms with Gasteiger partial charge < -0.3 is 4.74 Å². The monoisotopic (exact) mass is 208 g/mol. The maximum absolute atomic E-state index is 10.9. The van der Waals surface area contributed by atoms with Crippen molar-refractivity contribution in [3.63, 3.8) is 0 Å². The molecule has 0 aromatic carbocycles. The predicted octanol–water partition coefficient (Wildman–Crippen LogP) is 0.995. The molecule has 13 heavy (non-hydrogen) atoms. The van der Waals surface area contributed by atoms with E-state index in [2.05, 4.69) is 8.92 Å². The number of hydrogen-bond donors (Lipinski definition) is 1. The van der Waals surface area contributed by atoms with Crippen LogP contribution in [-0.2, 0) is 25.1 Å². The molecular weight excluding hydrogens is 196 g/mol. The van der Waals surface area contributed by atoms with E-state index in [1.807, 2.05) is 0 Å². The summed E-state index contributed by atoms with van der Waals surface area (Å²) in [6.07, 6.45) is 2.68. The average molecular weight is 208 g/mol. The molecule has 0 radical (unpaired) electrons. The number of hydrogen-bond acceptors (Lipinski definition) is 4. The Kier molecular flexibility index (Phi) is 4.82. The Morgan fingerprint density at radius 2 is 2.08 bits per heavy atom. The molecule has 0 heterocycles. The first-order valence-corrected chi connectivity index (χ1v) is 4.56. The summed E-state index contributed by atoms with van der Waals surface area (Å²) in [6, 6.07) is 0. The van der Waals surface area contributed by atoms with Crippen LogP contribution in [-0.4, -0.2) is 20.5 Å².